The summed E-state index contributed by atoms with van der Waals surface area (Å²) in [6.07, 6.45) is -3.21. The number of aromatic nitrogens is 1. The van der Waals surface area contributed by atoms with E-state index in [1.165, 1.54) is 29.0 Å². The Kier molecular flexibility index (Phi) is 6.20. The van der Waals surface area contributed by atoms with Gasteiger partial charge in [-0.3, -0.25) is 9.59 Å². The first-order valence-corrected chi connectivity index (χ1v) is 8.82. The van der Waals surface area contributed by atoms with Gasteiger partial charge in [-0.15, -0.1) is 0 Å². The number of benzene rings is 1. The van der Waals surface area contributed by atoms with Crippen molar-refractivity contribution in [3.63, 3.8) is 0 Å². The number of para-hydroxylation sites is 1. The largest absolute Gasteiger partial charge is 0.418 e. The van der Waals surface area contributed by atoms with Crippen LogP contribution in [0.4, 0.5) is 13.2 Å². The smallest absolute Gasteiger partial charge is 0.343 e. The molecule has 1 aromatic heterocycles. The lowest BCUT2D eigenvalue weighted by Gasteiger charge is -2.19. The minimum Gasteiger partial charge on any atom is -0.343 e. The van der Waals surface area contributed by atoms with E-state index in [0.717, 1.165) is 6.07 Å². The second-order valence-corrected chi connectivity index (χ2v) is 7.58. The molecule has 2 N–H and O–H groups in total. The van der Waals surface area contributed by atoms with Crippen molar-refractivity contribution in [2.75, 3.05) is 0 Å². The van der Waals surface area contributed by atoms with Gasteiger partial charge in [0.2, 0.25) is 0 Å². The Labute approximate surface area is 166 Å². The zero-order chi connectivity index (χ0) is 22.0. The number of alkyl halides is 3. The number of rotatable bonds is 3. The van der Waals surface area contributed by atoms with Crippen LogP contribution in [0.15, 0.2) is 35.4 Å². The van der Waals surface area contributed by atoms with E-state index in [2.05, 4.69) is 15.8 Å². The Bertz CT molecular complexity index is 954. The summed E-state index contributed by atoms with van der Waals surface area (Å²) < 4.78 is 41.6. The highest BCUT2D eigenvalue weighted by atomic mass is 19.4. The average molecular weight is 408 g/mol. The summed E-state index contributed by atoms with van der Waals surface area (Å²) in [5.41, 5.74) is 2.38. The minimum atomic E-state index is -4.50. The van der Waals surface area contributed by atoms with Crippen molar-refractivity contribution in [1.82, 2.24) is 15.3 Å². The van der Waals surface area contributed by atoms with E-state index in [0.29, 0.717) is 17.0 Å². The predicted octanol–water partition coefficient (Wildman–Crippen LogP) is 3.48. The highest BCUT2D eigenvalue weighted by Crippen LogP contribution is 2.35. The molecule has 2 amide bonds. The number of hydrogen-bond acceptors (Lipinski definition) is 3. The monoisotopic (exact) mass is 408 g/mol. The van der Waals surface area contributed by atoms with Gasteiger partial charge >= 0.3 is 18.0 Å². The standard InChI is InChI=1S/C20H23F3N4O2/c1-12-10-14(11-24-26-18(29)17(28)25-19(3,4)5)13(2)27(12)16-9-7-6-8-15(16)20(21,22)23/h6-11H,1-5H3,(H,25,28)(H,26,29)/b24-11-. The van der Waals surface area contributed by atoms with E-state index < -0.39 is 29.1 Å². The molecular weight excluding hydrogens is 385 g/mol. The van der Waals surface area contributed by atoms with Crippen molar-refractivity contribution in [2.24, 2.45) is 5.10 Å². The van der Waals surface area contributed by atoms with Gasteiger partial charge in [0.1, 0.15) is 0 Å². The van der Waals surface area contributed by atoms with Crippen LogP contribution in [0.5, 0.6) is 0 Å². The average Bonchev–Trinajstić information content (AvgIpc) is 2.86. The summed E-state index contributed by atoms with van der Waals surface area (Å²) in [6, 6.07) is 6.93. The molecule has 1 aromatic carbocycles. The number of hydrogen-bond donors (Lipinski definition) is 2. The third kappa shape index (κ3) is 5.46. The summed E-state index contributed by atoms with van der Waals surface area (Å²) in [7, 11) is 0. The number of nitrogens with one attached hydrogen (secondary N) is 2. The summed E-state index contributed by atoms with van der Waals surface area (Å²) in [5, 5.41) is 6.25. The second kappa shape index (κ2) is 8.10. The van der Waals surface area contributed by atoms with Gasteiger partial charge in [-0.25, -0.2) is 5.43 Å². The fourth-order valence-corrected chi connectivity index (χ4v) is 2.81. The van der Waals surface area contributed by atoms with Crippen LogP contribution in [0.1, 0.15) is 43.3 Å². The van der Waals surface area contributed by atoms with Crippen LogP contribution in [0.3, 0.4) is 0 Å². The molecule has 0 fully saturated rings. The van der Waals surface area contributed by atoms with Crippen molar-refractivity contribution in [2.45, 2.75) is 46.3 Å². The number of hydrazone groups is 1. The number of carbonyl (C=O) groups excluding carboxylic acids is 2. The molecule has 2 aromatic rings. The Balaban J connectivity index is 2.27. The maximum Gasteiger partial charge on any atom is 0.418 e. The van der Waals surface area contributed by atoms with Crippen LogP contribution < -0.4 is 10.7 Å². The molecule has 1 heterocycles. The third-order valence-electron chi connectivity index (χ3n) is 3.99. The van der Waals surface area contributed by atoms with Gasteiger partial charge < -0.3 is 9.88 Å². The SMILES string of the molecule is Cc1cc(/C=N\NC(=O)C(=O)NC(C)(C)C)c(C)n1-c1ccccc1C(F)(F)F. The van der Waals surface area contributed by atoms with E-state index in [-0.39, 0.29) is 5.69 Å². The lowest BCUT2D eigenvalue weighted by molar-refractivity contribution is -0.140. The first-order valence-electron chi connectivity index (χ1n) is 8.82. The minimum absolute atomic E-state index is 0.00300. The molecule has 0 aliphatic heterocycles. The fourth-order valence-electron chi connectivity index (χ4n) is 2.81. The van der Waals surface area contributed by atoms with E-state index in [4.69, 9.17) is 0 Å². The van der Waals surface area contributed by atoms with Crippen LogP contribution in [-0.2, 0) is 15.8 Å². The van der Waals surface area contributed by atoms with Gasteiger partial charge in [0.05, 0.1) is 17.5 Å². The molecule has 0 atom stereocenters. The summed E-state index contributed by atoms with van der Waals surface area (Å²) in [6.45, 7) is 8.52. The van der Waals surface area contributed by atoms with Crippen molar-refractivity contribution in [3.05, 3.63) is 52.8 Å². The molecular formula is C20H23F3N4O2. The number of nitrogens with zero attached hydrogens (tertiary/aromatic N) is 2. The molecule has 0 unspecified atom stereocenters. The predicted molar refractivity (Wildman–Crippen MR) is 104 cm³/mol. The first kappa shape index (κ1) is 22.2. The van der Waals surface area contributed by atoms with Crippen LogP contribution in [0.2, 0.25) is 0 Å². The molecule has 29 heavy (non-hydrogen) atoms. The van der Waals surface area contributed by atoms with Gasteiger partial charge in [0, 0.05) is 22.5 Å². The molecule has 156 valence electrons. The van der Waals surface area contributed by atoms with Gasteiger partial charge in [-0.1, -0.05) is 12.1 Å². The maximum absolute atomic E-state index is 13.4. The maximum atomic E-state index is 13.4. The highest BCUT2D eigenvalue weighted by Gasteiger charge is 2.34. The molecule has 2 rings (SSSR count). The number of halogens is 3. The van der Waals surface area contributed by atoms with Crippen LogP contribution in [-0.4, -0.2) is 28.1 Å². The Morgan fingerprint density at radius 1 is 1.07 bits per heavy atom. The molecule has 0 saturated carbocycles. The van der Waals surface area contributed by atoms with Gasteiger partial charge in [0.25, 0.3) is 0 Å². The van der Waals surface area contributed by atoms with E-state index in [1.807, 2.05) is 0 Å². The first-order chi connectivity index (χ1) is 13.3. The zero-order valence-corrected chi connectivity index (χ0v) is 16.8. The third-order valence-corrected chi connectivity index (χ3v) is 3.99. The summed E-state index contributed by atoms with van der Waals surface area (Å²) in [5.74, 6) is -1.77. The Morgan fingerprint density at radius 3 is 2.28 bits per heavy atom. The Hall–Kier alpha value is -3.10. The van der Waals surface area contributed by atoms with Crippen LogP contribution in [0.25, 0.3) is 5.69 Å². The molecule has 0 bridgehead atoms. The molecule has 9 heteroatoms. The molecule has 0 radical (unpaired) electrons. The zero-order valence-electron chi connectivity index (χ0n) is 16.8. The quantitative estimate of drug-likeness (QED) is 0.464. The highest BCUT2D eigenvalue weighted by molar-refractivity contribution is 6.35. The summed E-state index contributed by atoms with van der Waals surface area (Å²) >= 11 is 0. The van der Waals surface area contributed by atoms with Crippen LogP contribution >= 0.6 is 0 Å². The number of carbonyl (C=O) groups is 2. The normalized spacial score (nSPS) is 12.3. The molecule has 0 saturated heterocycles. The van der Waals surface area contributed by atoms with E-state index in [1.54, 1.807) is 40.7 Å². The van der Waals surface area contributed by atoms with Gasteiger partial charge in [0.15, 0.2) is 0 Å². The van der Waals surface area contributed by atoms with Crippen molar-refractivity contribution in [3.8, 4) is 5.69 Å². The fraction of sp³-hybridized carbons (Fsp3) is 0.350. The van der Waals surface area contributed by atoms with Gasteiger partial charge in [-0.2, -0.15) is 18.3 Å². The number of amides is 2. The molecule has 0 aliphatic rings. The number of aryl methyl sites for hydroxylation is 1. The Morgan fingerprint density at radius 2 is 1.69 bits per heavy atom. The van der Waals surface area contributed by atoms with E-state index in [9.17, 15) is 22.8 Å². The van der Waals surface area contributed by atoms with Crippen LogP contribution in [0, 0.1) is 13.8 Å². The lowest BCUT2D eigenvalue weighted by Crippen LogP contribution is -2.47. The van der Waals surface area contributed by atoms with Gasteiger partial charge in [-0.05, 0) is 52.8 Å². The second-order valence-electron chi connectivity index (χ2n) is 7.58. The molecule has 6 nitrogen and oxygen atoms in total. The molecule has 0 aliphatic carbocycles. The molecule has 0 spiro atoms. The van der Waals surface area contributed by atoms with Crippen molar-refractivity contribution >= 4 is 18.0 Å². The topological polar surface area (TPSA) is 75.5 Å². The van der Waals surface area contributed by atoms with Crippen molar-refractivity contribution < 1.29 is 22.8 Å². The van der Waals surface area contributed by atoms with E-state index >= 15 is 0 Å². The lowest BCUT2D eigenvalue weighted by atomic mass is 10.1. The van der Waals surface area contributed by atoms with Crippen molar-refractivity contribution in [1.29, 1.82) is 0 Å². The summed E-state index contributed by atoms with van der Waals surface area (Å²) in [4.78, 5) is 23.5.